The Morgan fingerprint density at radius 1 is 1.17 bits per heavy atom. The number of fused-ring (bicyclic) bond motifs is 1. The van der Waals surface area contributed by atoms with Crippen molar-refractivity contribution in [2.75, 3.05) is 19.0 Å². The standard InChI is InChI=1S/C16H18N4O3/c1-10(22-13-6-4-12(21-3)5-7-13)8-17-15-14-11(2)20-23-16(14)19-9-18-15/h4-7,9-10H,8H2,1-3H3,(H,17,18,19). The van der Waals surface area contributed by atoms with Gasteiger partial charge in [-0.05, 0) is 38.1 Å². The zero-order valence-corrected chi connectivity index (χ0v) is 13.2. The van der Waals surface area contributed by atoms with Crippen molar-refractivity contribution >= 4 is 16.9 Å². The average molecular weight is 314 g/mol. The molecule has 2 heterocycles. The number of hydrogen-bond acceptors (Lipinski definition) is 7. The molecule has 0 radical (unpaired) electrons. The van der Waals surface area contributed by atoms with Crippen LogP contribution >= 0.6 is 0 Å². The summed E-state index contributed by atoms with van der Waals surface area (Å²) >= 11 is 0. The summed E-state index contributed by atoms with van der Waals surface area (Å²) in [7, 11) is 1.64. The van der Waals surface area contributed by atoms with E-state index >= 15 is 0 Å². The molecule has 0 fully saturated rings. The van der Waals surface area contributed by atoms with Gasteiger partial charge >= 0.3 is 0 Å². The molecule has 3 rings (SSSR count). The van der Waals surface area contributed by atoms with Gasteiger partial charge in [0.25, 0.3) is 5.71 Å². The molecule has 0 aliphatic rings. The van der Waals surface area contributed by atoms with E-state index < -0.39 is 0 Å². The molecule has 0 aliphatic heterocycles. The number of aryl methyl sites for hydroxylation is 1. The molecule has 2 aromatic heterocycles. The van der Waals surface area contributed by atoms with Crippen LogP contribution in [0.15, 0.2) is 35.1 Å². The topological polar surface area (TPSA) is 82.3 Å². The number of methoxy groups -OCH3 is 1. The molecule has 3 aromatic rings. The molecule has 0 aliphatic carbocycles. The fourth-order valence-corrected chi connectivity index (χ4v) is 2.22. The molecule has 0 amide bonds. The molecule has 1 unspecified atom stereocenters. The first-order chi connectivity index (χ1) is 11.2. The summed E-state index contributed by atoms with van der Waals surface area (Å²) < 4.78 is 16.1. The molecule has 1 aromatic carbocycles. The number of anilines is 1. The molecular formula is C16H18N4O3. The number of hydrogen-bond donors (Lipinski definition) is 1. The highest BCUT2D eigenvalue weighted by Crippen LogP contribution is 2.22. The highest BCUT2D eigenvalue weighted by Gasteiger charge is 2.13. The highest BCUT2D eigenvalue weighted by atomic mass is 16.5. The number of rotatable bonds is 6. The number of nitrogens with zero attached hydrogens (tertiary/aromatic N) is 3. The van der Waals surface area contributed by atoms with Crippen LogP contribution in [0.2, 0.25) is 0 Å². The molecular weight excluding hydrogens is 296 g/mol. The molecule has 1 N–H and O–H groups in total. The second-order valence-electron chi connectivity index (χ2n) is 5.16. The second kappa shape index (κ2) is 6.51. The minimum Gasteiger partial charge on any atom is -0.497 e. The predicted molar refractivity (Wildman–Crippen MR) is 85.9 cm³/mol. The lowest BCUT2D eigenvalue weighted by Crippen LogP contribution is -2.23. The summed E-state index contributed by atoms with van der Waals surface area (Å²) in [6.07, 6.45) is 1.40. The van der Waals surface area contributed by atoms with Crippen molar-refractivity contribution in [2.24, 2.45) is 0 Å². The van der Waals surface area contributed by atoms with Crippen molar-refractivity contribution < 1.29 is 14.0 Å². The SMILES string of the molecule is COc1ccc(OC(C)CNc2ncnc3onc(C)c23)cc1. The molecule has 0 saturated heterocycles. The van der Waals surface area contributed by atoms with Crippen LogP contribution in [0.5, 0.6) is 11.5 Å². The summed E-state index contributed by atoms with van der Waals surface area (Å²) in [4.78, 5) is 8.30. The number of nitrogens with one attached hydrogen (secondary N) is 1. The van der Waals surface area contributed by atoms with Crippen LogP contribution in [0.3, 0.4) is 0 Å². The van der Waals surface area contributed by atoms with E-state index in [0.717, 1.165) is 22.6 Å². The molecule has 0 spiro atoms. The minimum absolute atomic E-state index is 0.0476. The number of ether oxygens (including phenoxy) is 2. The Morgan fingerprint density at radius 2 is 1.91 bits per heavy atom. The van der Waals surface area contributed by atoms with Gasteiger partial charge in [0.15, 0.2) is 0 Å². The number of aromatic nitrogens is 3. The third kappa shape index (κ3) is 3.33. The maximum absolute atomic E-state index is 5.86. The van der Waals surface area contributed by atoms with Crippen molar-refractivity contribution in [3.63, 3.8) is 0 Å². The van der Waals surface area contributed by atoms with Crippen LogP contribution in [0.4, 0.5) is 5.82 Å². The number of benzene rings is 1. The van der Waals surface area contributed by atoms with Crippen molar-refractivity contribution in [1.82, 2.24) is 15.1 Å². The van der Waals surface area contributed by atoms with Gasteiger partial charge in [0.2, 0.25) is 0 Å². The second-order valence-corrected chi connectivity index (χ2v) is 5.16. The van der Waals surface area contributed by atoms with Crippen molar-refractivity contribution in [3.8, 4) is 11.5 Å². The zero-order chi connectivity index (χ0) is 16.2. The average Bonchev–Trinajstić information content (AvgIpc) is 2.96. The van der Waals surface area contributed by atoms with Gasteiger partial charge in [0, 0.05) is 0 Å². The molecule has 1 atom stereocenters. The Kier molecular flexibility index (Phi) is 4.27. The molecule has 0 bridgehead atoms. The van der Waals surface area contributed by atoms with Crippen molar-refractivity contribution in [2.45, 2.75) is 20.0 Å². The van der Waals surface area contributed by atoms with E-state index in [2.05, 4.69) is 20.4 Å². The van der Waals surface area contributed by atoms with Crippen LogP contribution in [-0.2, 0) is 0 Å². The monoisotopic (exact) mass is 314 g/mol. The van der Waals surface area contributed by atoms with Crippen LogP contribution in [0.25, 0.3) is 11.1 Å². The van der Waals surface area contributed by atoms with E-state index in [1.807, 2.05) is 38.1 Å². The van der Waals surface area contributed by atoms with E-state index in [1.165, 1.54) is 6.33 Å². The lowest BCUT2D eigenvalue weighted by atomic mass is 10.3. The van der Waals surface area contributed by atoms with Gasteiger partial charge in [-0.15, -0.1) is 0 Å². The summed E-state index contributed by atoms with van der Waals surface area (Å²) in [5.74, 6) is 2.28. The third-order valence-corrected chi connectivity index (χ3v) is 3.40. The quantitative estimate of drug-likeness (QED) is 0.749. The largest absolute Gasteiger partial charge is 0.497 e. The summed E-state index contributed by atoms with van der Waals surface area (Å²) in [6, 6.07) is 7.48. The van der Waals surface area contributed by atoms with E-state index in [9.17, 15) is 0 Å². The smallest absolute Gasteiger partial charge is 0.263 e. The van der Waals surface area contributed by atoms with E-state index in [4.69, 9.17) is 14.0 Å². The maximum atomic E-state index is 5.86. The Balaban J connectivity index is 1.63. The zero-order valence-electron chi connectivity index (χ0n) is 13.2. The van der Waals surface area contributed by atoms with Crippen molar-refractivity contribution in [1.29, 1.82) is 0 Å². The van der Waals surface area contributed by atoms with Gasteiger partial charge in [0.1, 0.15) is 35.1 Å². The normalized spacial score (nSPS) is 12.1. The first kappa shape index (κ1) is 15.1. The van der Waals surface area contributed by atoms with Gasteiger partial charge in [-0.3, -0.25) is 0 Å². The summed E-state index contributed by atoms with van der Waals surface area (Å²) in [6.45, 7) is 4.43. The predicted octanol–water partition coefficient (Wildman–Crippen LogP) is 2.81. The van der Waals surface area contributed by atoms with Gasteiger partial charge < -0.3 is 19.3 Å². The van der Waals surface area contributed by atoms with E-state index in [0.29, 0.717) is 18.1 Å². The first-order valence-corrected chi connectivity index (χ1v) is 7.29. The third-order valence-electron chi connectivity index (χ3n) is 3.40. The van der Waals surface area contributed by atoms with E-state index in [-0.39, 0.29) is 6.10 Å². The summed E-state index contributed by atoms with van der Waals surface area (Å²) in [5.41, 5.74) is 1.23. The fourth-order valence-electron chi connectivity index (χ4n) is 2.22. The Morgan fingerprint density at radius 3 is 2.65 bits per heavy atom. The lowest BCUT2D eigenvalue weighted by molar-refractivity contribution is 0.234. The molecule has 7 heteroatoms. The molecule has 0 saturated carbocycles. The highest BCUT2D eigenvalue weighted by molar-refractivity contribution is 5.87. The summed E-state index contributed by atoms with van der Waals surface area (Å²) in [5, 5.41) is 7.96. The molecule has 7 nitrogen and oxygen atoms in total. The van der Waals surface area contributed by atoms with Gasteiger partial charge in [-0.2, -0.15) is 4.98 Å². The Labute approximate surface area is 133 Å². The van der Waals surface area contributed by atoms with E-state index in [1.54, 1.807) is 7.11 Å². The Hall–Kier alpha value is -2.83. The van der Waals surface area contributed by atoms with Crippen LogP contribution in [0.1, 0.15) is 12.6 Å². The van der Waals surface area contributed by atoms with Crippen molar-refractivity contribution in [3.05, 3.63) is 36.3 Å². The first-order valence-electron chi connectivity index (χ1n) is 7.29. The fraction of sp³-hybridized carbons (Fsp3) is 0.312. The Bertz CT molecular complexity index is 786. The molecule has 120 valence electrons. The van der Waals surface area contributed by atoms with Gasteiger partial charge in [-0.25, -0.2) is 4.98 Å². The minimum atomic E-state index is -0.0476. The maximum Gasteiger partial charge on any atom is 0.263 e. The molecule has 23 heavy (non-hydrogen) atoms. The lowest BCUT2D eigenvalue weighted by Gasteiger charge is -2.16. The van der Waals surface area contributed by atoms with Crippen LogP contribution in [0, 0.1) is 6.92 Å². The van der Waals surface area contributed by atoms with Crippen LogP contribution in [-0.4, -0.2) is 34.9 Å². The van der Waals surface area contributed by atoms with Gasteiger partial charge in [-0.1, -0.05) is 5.16 Å². The van der Waals surface area contributed by atoms with Crippen LogP contribution < -0.4 is 14.8 Å². The van der Waals surface area contributed by atoms with Gasteiger partial charge in [0.05, 0.1) is 19.3 Å².